The third kappa shape index (κ3) is 1.94. The zero-order valence-electron chi connectivity index (χ0n) is 7.46. The van der Waals surface area contributed by atoms with E-state index in [4.69, 9.17) is 0 Å². The molecule has 0 aromatic carbocycles. The molecule has 0 spiro atoms. The van der Waals surface area contributed by atoms with Gasteiger partial charge in [-0.3, -0.25) is 9.59 Å². The van der Waals surface area contributed by atoms with E-state index in [9.17, 15) is 9.59 Å². The van der Waals surface area contributed by atoms with E-state index in [1.807, 2.05) is 6.08 Å². The van der Waals surface area contributed by atoms with Crippen LogP contribution in [0, 0.1) is 0 Å². The van der Waals surface area contributed by atoms with Crippen LogP contribution in [0.4, 0.5) is 0 Å². The van der Waals surface area contributed by atoms with Gasteiger partial charge in [0.1, 0.15) is 0 Å². The fourth-order valence-electron chi connectivity index (χ4n) is 1.27. The fraction of sp³-hybridized carbons (Fsp3) is 0.556. The van der Waals surface area contributed by atoms with Gasteiger partial charge in [-0.2, -0.15) is 0 Å². The highest BCUT2D eigenvalue weighted by Crippen LogP contribution is 2.10. The normalized spacial score (nSPS) is 17.2. The number of hydrogen-bond acceptors (Lipinski definition) is 2. The lowest BCUT2D eigenvalue weighted by Gasteiger charge is -2.24. The first-order valence-electron chi connectivity index (χ1n) is 4.06. The highest BCUT2D eigenvalue weighted by molar-refractivity contribution is 5.94. The molecule has 66 valence electrons. The minimum Gasteiger partial charge on any atom is -0.338 e. The van der Waals surface area contributed by atoms with Crippen molar-refractivity contribution >= 4 is 11.7 Å². The molecule has 0 saturated heterocycles. The second-order valence-corrected chi connectivity index (χ2v) is 3.01. The summed E-state index contributed by atoms with van der Waals surface area (Å²) in [5, 5.41) is 0. The standard InChI is InChI=1S/C9H13NO2/c1-7(11)9-4-3-5-10(6-9)8(2)12/h4H,3,5-6H2,1-2H3. The molecule has 0 unspecified atom stereocenters. The third-order valence-corrected chi connectivity index (χ3v) is 2.05. The molecule has 0 aromatic rings. The molecule has 0 aliphatic carbocycles. The molecule has 12 heavy (non-hydrogen) atoms. The van der Waals surface area contributed by atoms with Gasteiger partial charge < -0.3 is 4.90 Å². The van der Waals surface area contributed by atoms with Gasteiger partial charge in [0.15, 0.2) is 5.78 Å². The van der Waals surface area contributed by atoms with Crippen LogP contribution in [0.3, 0.4) is 0 Å². The molecule has 0 N–H and O–H groups in total. The van der Waals surface area contributed by atoms with Gasteiger partial charge in [0, 0.05) is 25.6 Å². The van der Waals surface area contributed by atoms with Gasteiger partial charge in [-0.1, -0.05) is 6.08 Å². The van der Waals surface area contributed by atoms with Crippen molar-refractivity contribution in [1.29, 1.82) is 0 Å². The van der Waals surface area contributed by atoms with E-state index in [2.05, 4.69) is 0 Å². The van der Waals surface area contributed by atoms with Crippen LogP contribution >= 0.6 is 0 Å². The van der Waals surface area contributed by atoms with Gasteiger partial charge in [-0.15, -0.1) is 0 Å². The molecule has 3 heteroatoms. The topological polar surface area (TPSA) is 37.4 Å². The monoisotopic (exact) mass is 167 g/mol. The summed E-state index contributed by atoms with van der Waals surface area (Å²) >= 11 is 0. The summed E-state index contributed by atoms with van der Waals surface area (Å²) in [7, 11) is 0. The Labute approximate surface area is 72.0 Å². The summed E-state index contributed by atoms with van der Waals surface area (Å²) in [5.74, 6) is 0.114. The van der Waals surface area contributed by atoms with Crippen LogP contribution in [0.5, 0.6) is 0 Å². The predicted octanol–water partition coefficient (Wildman–Crippen LogP) is 0.754. The van der Waals surface area contributed by atoms with Gasteiger partial charge in [0.05, 0.1) is 0 Å². The number of carbonyl (C=O) groups is 2. The Morgan fingerprint density at radius 1 is 1.42 bits per heavy atom. The first-order valence-corrected chi connectivity index (χ1v) is 4.06. The smallest absolute Gasteiger partial charge is 0.219 e. The van der Waals surface area contributed by atoms with Gasteiger partial charge in [0.25, 0.3) is 0 Å². The second kappa shape index (κ2) is 3.52. The molecule has 0 saturated carbocycles. The van der Waals surface area contributed by atoms with Gasteiger partial charge in [-0.25, -0.2) is 0 Å². The fourth-order valence-corrected chi connectivity index (χ4v) is 1.27. The third-order valence-electron chi connectivity index (χ3n) is 2.05. The molecule has 0 radical (unpaired) electrons. The molecule has 1 heterocycles. The van der Waals surface area contributed by atoms with E-state index in [0.717, 1.165) is 18.5 Å². The number of hydrogen-bond donors (Lipinski definition) is 0. The molecule has 0 bridgehead atoms. The van der Waals surface area contributed by atoms with Crippen LogP contribution in [-0.4, -0.2) is 29.7 Å². The lowest BCUT2D eigenvalue weighted by molar-refractivity contribution is -0.128. The van der Waals surface area contributed by atoms with Gasteiger partial charge in [-0.05, 0) is 13.3 Å². The quantitative estimate of drug-likeness (QED) is 0.578. The SMILES string of the molecule is CC(=O)C1=CCCN(C(C)=O)C1. The van der Waals surface area contributed by atoms with E-state index in [1.54, 1.807) is 4.90 Å². The highest BCUT2D eigenvalue weighted by atomic mass is 16.2. The molecule has 1 amide bonds. The van der Waals surface area contributed by atoms with Crippen molar-refractivity contribution in [3.8, 4) is 0 Å². The molecule has 0 fully saturated rings. The van der Waals surface area contributed by atoms with Crippen LogP contribution < -0.4 is 0 Å². The zero-order valence-corrected chi connectivity index (χ0v) is 7.46. The maximum atomic E-state index is 11.0. The average Bonchev–Trinajstić information content (AvgIpc) is 2.04. The van der Waals surface area contributed by atoms with E-state index < -0.39 is 0 Å². The molecule has 0 atom stereocenters. The van der Waals surface area contributed by atoms with E-state index in [1.165, 1.54) is 13.8 Å². The Hall–Kier alpha value is -1.12. The van der Waals surface area contributed by atoms with Crippen molar-refractivity contribution in [1.82, 2.24) is 4.90 Å². The number of rotatable bonds is 1. The summed E-state index contributed by atoms with van der Waals surface area (Å²) in [6.07, 6.45) is 2.72. The number of nitrogens with zero attached hydrogens (tertiary/aromatic N) is 1. The van der Waals surface area contributed by atoms with E-state index in [-0.39, 0.29) is 11.7 Å². The number of Topliss-reactive ketones (excluding diaryl/α,β-unsaturated/α-hetero) is 1. The Bertz CT molecular complexity index is 243. The lowest BCUT2D eigenvalue weighted by Crippen LogP contribution is -2.35. The number of ketones is 1. The van der Waals surface area contributed by atoms with Crippen molar-refractivity contribution in [3.05, 3.63) is 11.6 Å². The number of carbonyl (C=O) groups excluding carboxylic acids is 2. The van der Waals surface area contributed by atoms with Crippen molar-refractivity contribution in [2.45, 2.75) is 20.3 Å². The maximum Gasteiger partial charge on any atom is 0.219 e. The van der Waals surface area contributed by atoms with Crippen molar-refractivity contribution in [3.63, 3.8) is 0 Å². The van der Waals surface area contributed by atoms with Crippen LogP contribution in [-0.2, 0) is 9.59 Å². The van der Waals surface area contributed by atoms with Crippen molar-refractivity contribution in [2.24, 2.45) is 0 Å². The minimum atomic E-state index is 0.0434. The summed E-state index contributed by atoms with van der Waals surface area (Å²) < 4.78 is 0. The molecule has 1 aliphatic rings. The minimum absolute atomic E-state index is 0.0434. The Morgan fingerprint density at radius 2 is 2.08 bits per heavy atom. The van der Waals surface area contributed by atoms with Crippen LogP contribution in [0.15, 0.2) is 11.6 Å². The van der Waals surface area contributed by atoms with Crippen LogP contribution in [0.2, 0.25) is 0 Å². The largest absolute Gasteiger partial charge is 0.338 e. The predicted molar refractivity (Wildman–Crippen MR) is 45.6 cm³/mol. The highest BCUT2D eigenvalue weighted by Gasteiger charge is 2.16. The molecular weight excluding hydrogens is 154 g/mol. The molecule has 1 rings (SSSR count). The maximum absolute atomic E-state index is 11.0. The van der Waals surface area contributed by atoms with E-state index >= 15 is 0 Å². The molecular formula is C9H13NO2. The summed E-state index contributed by atoms with van der Waals surface area (Å²) in [5.41, 5.74) is 0.761. The summed E-state index contributed by atoms with van der Waals surface area (Å²) in [4.78, 5) is 23.6. The Morgan fingerprint density at radius 3 is 2.58 bits per heavy atom. The molecule has 3 nitrogen and oxygen atoms in total. The molecule has 1 aliphatic heterocycles. The first kappa shape index (κ1) is 8.97. The van der Waals surface area contributed by atoms with E-state index in [0.29, 0.717) is 6.54 Å². The van der Waals surface area contributed by atoms with Crippen LogP contribution in [0.25, 0.3) is 0 Å². The zero-order chi connectivity index (χ0) is 9.14. The summed E-state index contributed by atoms with van der Waals surface area (Å²) in [6.45, 7) is 4.30. The van der Waals surface area contributed by atoms with Crippen molar-refractivity contribution < 1.29 is 9.59 Å². The second-order valence-electron chi connectivity index (χ2n) is 3.01. The first-order chi connectivity index (χ1) is 5.61. The Balaban J connectivity index is 2.65. The summed E-state index contributed by atoms with van der Waals surface area (Å²) in [6, 6.07) is 0. The number of amides is 1. The van der Waals surface area contributed by atoms with Crippen LogP contribution in [0.1, 0.15) is 20.3 Å². The Kier molecular flexibility index (Phi) is 2.63. The van der Waals surface area contributed by atoms with Gasteiger partial charge in [0.2, 0.25) is 5.91 Å². The average molecular weight is 167 g/mol. The molecule has 0 aromatic heterocycles. The van der Waals surface area contributed by atoms with Gasteiger partial charge >= 0.3 is 0 Å². The van der Waals surface area contributed by atoms with Crippen molar-refractivity contribution in [2.75, 3.05) is 13.1 Å². The lowest BCUT2D eigenvalue weighted by atomic mass is 10.1.